The molecule has 0 radical (unpaired) electrons. The van der Waals surface area contributed by atoms with Crippen LogP contribution in [0.15, 0.2) is 0 Å². The third-order valence-electron chi connectivity index (χ3n) is 5.69. The molecule has 1 saturated carbocycles. The molecule has 0 aromatic carbocycles. The molecule has 2 aliphatic heterocycles. The number of urea groups is 1. The predicted molar refractivity (Wildman–Crippen MR) is 78.7 cm³/mol. The van der Waals surface area contributed by atoms with Crippen molar-refractivity contribution in [1.82, 2.24) is 10.2 Å². The molecule has 3 rings (SSSR count). The van der Waals surface area contributed by atoms with Gasteiger partial charge in [-0.1, -0.05) is 20.3 Å². The fourth-order valence-corrected chi connectivity index (χ4v) is 4.30. The molecule has 1 N–H and O–H groups in total. The maximum absolute atomic E-state index is 12.9. The lowest BCUT2D eigenvalue weighted by Gasteiger charge is -2.42. The molecule has 2 saturated heterocycles. The van der Waals surface area contributed by atoms with Crippen LogP contribution in [0.3, 0.4) is 0 Å². The quantitative estimate of drug-likeness (QED) is 0.813. The second-order valence-electron chi connectivity index (χ2n) is 6.91. The number of rotatable bonds is 3. The number of ether oxygens (including phenoxy) is 1. The van der Waals surface area contributed by atoms with E-state index in [1.807, 2.05) is 0 Å². The van der Waals surface area contributed by atoms with Crippen LogP contribution in [0.1, 0.15) is 52.4 Å². The van der Waals surface area contributed by atoms with Gasteiger partial charge in [-0.25, -0.2) is 4.79 Å². The second kappa shape index (κ2) is 5.59. The Morgan fingerprint density at radius 1 is 1.19 bits per heavy atom. The largest absolute Gasteiger partial charge is 0.378 e. The van der Waals surface area contributed by atoms with E-state index in [4.69, 9.17) is 4.74 Å². The third-order valence-corrected chi connectivity index (χ3v) is 5.69. The molecular formula is C16H26N2O3. The van der Waals surface area contributed by atoms with Gasteiger partial charge in [-0.15, -0.1) is 0 Å². The van der Waals surface area contributed by atoms with Gasteiger partial charge in [-0.3, -0.25) is 9.69 Å². The fraction of sp³-hybridized carbons (Fsp3) is 0.875. The van der Waals surface area contributed by atoms with Gasteiger partial charge in [0, 0.05) is 13.2 Å². The van der Waals surface area contributed by atoms with E-state index in [0.717, 1.165) is 45.1 Å². The molecule has 3 fully saturated rings. The molecule has 0 aromatic rings. The normalized spacial score (nSPS) is 35.5. The van der Waals surface area contributed by atoms with Crippen LogP contribution in [0, 0.1) is 11.8 Å². The molecule has 0 bridgehead atoms. The molecule has 5 heteroatoms. The molecule has 1 spiro atoms. The zero-order valence-electron chi connectivity index (χ0n) is 13.1. The minimum atomic E-state index is -0.661. The van der Waals surface area contributed by atoms with Gasteiger partial charge in [-0.2, -0.15) is 0 Å². The minimum absolute atomic E-state index is 0.00908. The van der Waals surface area contributed by atoms with Crippen molar-refractivity contribution in [2.24, 2.45) is 11.8 Å². The highest BCUT2D eigenvalue weighted by atomic mass is 16.5. The zero-order chi connectivity index (χ0) is 15.0. The predicted octanol–water partition coefficient (Wildman–Crippen LogP) is 2.30. The number of hydrogen-bond acceptors (Lipinski definition) is 3. The summed E-state index contributed by atoms with van der Waals surface area (Å²) in [7, 11) is 0. The number of amides is 3. The Bertz CT molecular complexity index is 421. The van der Waals surface area contributed by atoms with Crippen LogP contribution in [0.25, 0.3) is 0 Å². The zero-order valence-corrected chi connectivity index (χ0v) is 13.1. The molecule has 3 aliphatic rings. The van der Waals surface area contributed by atoms with Crippen molar-refractivity contribution in [3.8, 4) is 0 Å². The van der Waals surface area contributed by atoms with Crippen LogP contribution in [0.5, 0.6) is 0 Å². The van der Waals surface area contributed by atoms with E-state index in [1.54, 1.807) is 0 Å². The van der Waals surface area contributed by atoms with E-state index in [9.17, 15) is 9.59 Å². The van der Waals surface area contributed by atoms with Crippen LogP contribution >= 0.6 is 0 Å². The fourth-order valence-electron chi connectivity index (χ4n) is 4.30. The standard InChI is InChI=1S/C16H26N2O3/c1-11-5-3-6-12(2)16(11)14(19)18(15(20)17-16)9-8-13-7-4-10-21-13/h11-13H,3-10H2,1-2H3,(H,17,20)/t11-,12-,13+/m1/s1. The maximum atomic E-state index is 12.9. The molecular weight excluding hydrogens is 268 g/mol. The average Bonchev–Trinajstić information content (AvgIpc) is 3.03. The minimum Gasteiger partial charge on any atom is -0.378 e. The molecule has 21 heavy (non-hydrogen) atoms. The van der Waals surface area contributed by atoms with Crippen LogP contribution < -0.4 is 5.32 Å². The molecule has 0 unspecified atom stereocenters. The van der Waals surface area contributed by atoms with Gasteiger partial charge >= 0.3 is 6.03 Å². The summed E-state index contributed by atoms with van der Waals surface area (Å²) < 4.78 is 5.59. The first-order valence-corrected chi connectivity index (χ1v) is 8.31. The molecule has 0 aromatic heterocycles. The second-order valence-corrected chi connectivity index (χ2v) is 6.91. The maximum Gasteiger partial charge on any atom is 0.325 e. The smallest absolute Gasteiger partial charge is 0.325 e. The number of carbonyl (C=O) groups is 2. The number of hydrogen-bond donors (Lipinski definition) is 1. The van der Waals surface area contributed by atoms with Crippen LogP contribution in [0.2, 0.25) is 0 Å². The van der Waals surface area contributed by atoms with Crippen LogP contribution in [-0.4, -0.2) is 41.6 Å². The highest BCUT2D eigenvalue weighted by Gasteiger charge is 2.58. The van der Waals surface area contributed by atoms with Gasteiger partial charge in [0.05, 0.1) is 6.10 Å². The Morgan fingerprint density at radius 2 is 1.90 bits per heavy atom. The Morgan fingerprint density at radius 3 is 2.52 bits per heavy atom. The van der Waals surface area contributed by atoms with Crippen molar-refractivity contribution < 1.29 is 14.3 Å². The number of nitrogens with zero attached hydrogens (tertiary/aromatic N) is 1. The van der Waals surface area contributed by atoms with E-state index in [1.165, 1.54) is 4.90 Å². The van der Waals surface area contributed by atoms with Crippen molar-refractivity contribution in [2.45, 2.75) is 64.0 Å². The third kappa shape index (κ3) is 2.35. The van der Waals surface area contributed by atoms with Gasteiger partial charge in [0.15, 0.2) is 0 Å². The first-order chi connectivity index (χ1) is 10.1. The van der Waals surface area contributed by atoms with Gasteiger partial charge in [-0.05, 0) is 43.9 Å². The lowest BCUT2D eigenvalue weighted by molar-refractivity contribution is -0.136. The highest BCUT2D eigenvalue weighted by molar-refractivity contribution is 6.07. The first kappa shape index (κ1) is 14.8. The monoisotopic (exact) mass is 294 g/mol. The van der Waals surface area contributed by atoms with Crippen LogP contribution in [0.4, 0.5) is 4.79 Å². The molecule has 5 nitrogen and oxygen atoms in total. The summed E-state index contributed by atoms with van der Waals surface area (Å²) in [5.74, 6) is 0.418. The molecule has 1 aliphatic carbocycles. The van der Waals surface area contributed by atoms with Crippen molar-refractivity contribution in [2.75, 3.05) is 13.2 Å². The van der Waals surface area contributed by atoms with E-state index in [-0.39, 0.29) is 29.9 Å². The van der Waals surface area contributed by atoms with Crippen molar-refractivity contribution in [3.05, 3.63) is 0 Å². The summed E-state index contributed by atoms with van der Waals surface area (Å²) in [6.07, 6.45) is 6.26. The summed E-state index contributed by atoms with van der Waals surface area (Å²) in [4.78, 5) is 26.7. The highest BCUT2D eigenvalue weighted by Crippen LogP contribution is 2.42. The molecule has 2 heterocycles. The molecule has 118 valence electrons. The van der Waals surface area contributed by atoms with Gasteiger partial charge in [0.1, 0.15) is 5.54 Å². The molecule has 3 amide bonds. The summed E-state index contributed by atoms with van der Waals surface area (Å²) in [5.41, 5.74) is -0.661. The Hall–Kier alpha value is -1.10. The van der Waals surface area contributed by atoms with Gasteiger partial charge < -0.3 is 10.1 Å². The Balaban J connectivity index is 1.71. The number of imide groups is 1. The van der Waals surface area contributed by atoms with E-state index in [0.29, 0.717) is 6.54 Å². The van der Waals surface area contributed by atoms with Crippen LogP contribution in [-0.2, 0) is 9.53 Å². The van der Waals surface area contributed by atoms with E-state index >= 15 is 0 Å². The number of nitrogens with one attached hydrogen (secondary N) is 1. The van der Waals surface area contributed by atoms with Crippen molar-refractivity contribution >= 4 is 11.9 Å². The molecule has 3 atom stereocenters. The van der Waals surface area contributed by atoms with Gasteiger partial charge in [0.2, 0.25) is 0 Å². The average molecular weight is 294 g/mol. The van der Waals surface area contributed by atoms with E-state index in [2.05, 4.69) is 19.2 Å². The summed E-state index contributed by atoms with van der Waals surface area (Å²) in [5, 5.41) is 3.04. The summed E-state index contributed by atoms with van der Waals surface area (Å²) >= 11 is 0. The lowest BCUT2D eigenvalue weighted by Crippen LogP contribution is -2.58. The SMILES string of the molecule is C[C@@H]1CCC[C@@H](C)C12NC(=O)N(CC[C@@H]1CCCO1)C2=O. The topological polar surface area (TPSA) is 58.6 Å². The van der Waals surface area contributed by atoms with Gasteiger partial charge in [0.25, 0.3) is 5.91 Å². The number of carbonyl (C=O) groups excluding carboxylic acids is 2. The van der Waals surface area contributed by atoms with Crippen molar-refractivity contribution in [3.63, 3.8) is 0 Å². The van der Waals surface area contributed by atoms with Crippen molar-refractivity contribution in [1.29, 1.82) is 0 Å². The Labute approximate surface area is 126 Å². The Kier molecular flexibility index (Phi) is 3.95. The first-order valence-electron chi connectivity index (χ1n) is 8.31. The summed E-state index contributed by atoms with van der Waals surface area (Å²) in [6.45, 7) is 5.48. The van der Waals surface area contributed by atoms with E-state index < -0.39 is 5.54 Å². The lowest BCUT2D eigenvalue weighted by atomic mass is 9.67. The summed E-state index contributed by atoms with van der Waals surface area (Å²) in [6, 6.07) is -0.210.